The van der Waals surface area contributed by atoms with Gasteiger partial charge in [-0.05, 0) is 65.5 Å². The molecule has 0 fully saturated rings. The largest absolute Gasteiger partial charge is 0.326 e. The minimum absolute atomic E-state index is 0.110. The molecule has 1 aliphatic rings. The second-order valence-electron chi connectivity index (χ2n) is 6.17. The topological polar surface area (TPSA) is 87.6 Å². The van der Waals surface area contributed by atoms with Crippen LogP contribution in [0.5, 0.6) is 0 Å². The van der Waals surface area contributed by atoms with Gasteiger partial charge in [-0.15, -0.1) is 11.3 Å². The van der Waals surface area contributed by atoms with Gasteiger partial charge in [-0.2, -0.15) is 0 Å². The first-order valence-corrected chi connectivity index (χ1v) is 11.7. The van der Waals surface area contributed by atoms with Gasteiger partial charge in [-0.25, -0.2) is 8.42 Å². The fourth-order valence-corrected chi connectivity index (χ4v) is 5.37. The molecule has 3 rings (SSSR count). The van der Waals surface area contributed by atoms with Crippen LogP contribution in [-0.2, 0) is 21.2 Å². The SMILES string of the molecule is O=C(CCCc1ccc(Br)s1)Nc1cccc(S(=O)(=O)NC2=NCCC2)c1. The Balaban J connectivity index is 1.55. The van der Waals surface area contributed by atoms with Crippen LogP contribution < -0.4 is 10.0 Å². The number of rotatable bonds is 7. The zero-order valence-corrected chi connectivity index (χ0v) is 17.8. The Hall–Kier alpha value is -1.71. The Bertz CT molecular complexity index is 954. The maximum absolute atomic E-state index is 12.4. The molecule has 0 unspecified atom stereocenters. The molecular weight excluding hydrogens is 450 g/mol. The zero-order chi connectivity index (χ0) is 19.3. The molecule has 0 aliphatic carbocycles. The van der Waals surface area contributed by atoms with Gasteiger partial charge >= 0.3 is 0 Å². The summed E-state index contributed by atoms with van der Waals surface area (Å²) in [4.78, 5) is 17.6. The van der Waals surface area contributed by atoms with Gasteiger partial charge in [0.25, 0.3) is 10.0 Å². The number of sulfonamides is 1. The lowest BCUT2D eigenvalue weighted by molar-refractivity contribution is -0.116. The number of thiophene rings is 1. The molecule has 0 radical (unpaired) electrons. The lowest BCUT2D eigenvalue weighted by Gasteiger charge is -2.10. The smallest absolute Gasteiger partial charge is 0.262 e. The van der Waals surface area contributed by atoms with Gasteiger partial charge in [0.2, 0.25) is 5.91 Å². The van der Waals surface area contributed by atoms with E-state index in [0.29, 0.717) is 30.9 Å². The monoisotopic (exact) mass is 469 g/mol. The number of anilines is 1. The van der Waals surface area contributed by atoms with E-state index >= 15 is 0 Å². The van der Waals surface area contributed by atoms with Crippen molar-refractivity contribution in [1.82, 2.24) is 4.72 Å². The fraction of sp³-hybridized carbons (Fsp3) is 0.333. The molecule has 0 bridgehead atoms. The van der Waals surface area contributed by atoms with E-state index in [0.717, 1.165) is 23.0 Å². The summed E-state index contributed by atoms with van der Waals surface area (Å²) in [5.74, 6) is 0.359. The fourth-order valence-electron chi connectivity index (χ4n) is 2.71. The van der Waals surface area contributed by atoms with E-state index in [-0.39, 0.29) is 10.8 Å². The van der Waals surface area contributed by atoms with Crippen LogP contribution in [0.2, 0.25) is 0 Å². The van der Waals surface area contributed by atoms with Crippen molar-refractivity contribution in [2.24, 2.45) is 4.99 Å². The predicted octanol–water partition coefficient (Wildman–Crippen LogP) is 3.94. The van der Waals surface area contributed by atoms with E-state index in [1.54, 1.807) is 23.5 Å². The van der Waals surface area contributed by atoms with Gasteiger partial charge in [-0.3, -0.25) is 14.5 Å². The molecule has 2 aromatic rings. The van der Waals surface area contributed by atoms with Crippen LogP contribution in [0.1, 0.15) is 30.6 Å². The number of benzene rings is 1. The Morgan fingerprint density at radius 1 is 1.26 bits per heavy atom. The van der Waals surface area contributed by atoms with Crippen molar-refractivity contribution in [1.29, 1.82) is 0 Å². The summed E-state index contributed by atoms with van der Waals surface area (Å²) in [5.41, 5.74) is 0.468. The van der Waals surface area contributed by atoms with Crippen molar-refractivity contribution in [3.05, 3.63) is 45.1 Å². The zero-order valence-electron chi connectivity index (χ0n) is 14.6. The van der Waals surface area contributed by atoms with Gasteiger partial charge in [0.15, 0.2) is 0 Å². The highest BCUT2D eigenvalue weighted by atomic mass is 79.9. The molecule has 2 heterocycles. The molecule has 1 aromatic heterocycles. The van der Waals surface area contributed by atoms with Crippen LogP contribution in [-0.4, -0.2) is 26.7 Å². The minimum Gasteiger partial charge on any atom is -0.326 e. The van der Waals surface area contributed by atoms with E-state index in [4.69, 9.17) is 0 Å². The van der Waals surface area contributed by atoms with Crippen molar-refractivity contribution in [2.75, 3.05) is 11.9 Å². The standard InChI is InChI=1S/C18H20BrN3O3S2/c19-16-10-9-14(26-16)5-2-8-18(23)21-13-4-1-6-15(12-13)27(24,25)22-17-7-3-11-20-17/h1,4,6,9-10,12H,2-3,5,7-8,11H2,(H,20,22)(H,21,23). The molecule has 0 saturated carbocycles. The lowest BCUT2D eigenvalue weighted by atomic mass is 10.2. The number of amidine groups is 1. The van der Waals surface area contributed by atoms with Gasteiger partial charge in [0, 0.05) is 30.0 Å². The maximum Gasteiger partial charge on any atom is 0.262 e. The lowest BCUT2D eigenvalue weighted by Crippen LogP contribution is -2.29. The number of nitrogens with zero attached hydrogens (tertiary/aromatic N) is 1. The van der Waals surface area contributed by atoms with Gasteiger partial charge in [-0.1, -0.05) is 6.07 Å². The molecule has 9 heteroatoms. The van der Waals surface area contributed by atoms with Crippen LogP contribution >= 0.6 is 27.3 Å². The van der Waals surface area contributed by atoms with Crippen LogP contribution in [0.15, 0.2) is 50.1 Å². The highest BCUT2D eigenvalue weighted by molar-refractivity contribution is 9.11. The number of hydrogen-bond acceptors (Lipinski definition) is 5. The quantitative estimate of drug-likeness (QED) is 0.643. The first kappa shape index (κ1) is 20.0. The normalized spacial score (nSPS) is 14.0. The third-order valence-corrected chi connectivity index (χ3v) is 7.07. The molecule has 0 atom stereocenters. The van der Waals surface area contributed by atoms with Gasteiger partial charge in [0.1, 0.15) is 5.84 Å². The molecule has 0 saturated heterocycles. The second kappa shape index (κ2) is 8.99. The number of carbonyl (C=O) groups is 1. The third-order valence-electron chi connectivity index (χ3n) is 4.01. The molecule has 1 amide bonds. The molecule has 6 nitrogen and oxygen atoms in total. The molecule has 2 N–H and O–H groups in total. The summed E-state index contributed by atoms with van der Waals surface area (Å²) in [6.45, 7) is 0.649. The van der Waals surface area contributed by atoms with Crippen LogP contribution in [0.4, 0.5) is 5.69 Å². The number of amides is 1. The molecule has 0 spiro atoms. The number of aliphatic imine (C=N–C) groups is 1. The van der Waals surface area contributed by atoms with Gasteiger partial charge in [0.05, 0.1) is 8.68 Å². The predicted molar refractivity (Wildman–Crippen MR) is 112 cm³/mol. The third kappa shape index (κ3) is 5.88. The average molecular weight is 470 g/mol. The number of halogens is 1. The van der Waals surface area contributed by atoms with Crippen molar-refractivity contribution >= 4 is 54.7 Å². The molecule has 144 valence electrons. The Labute approximate surface area is 171 Å². The Kier molecular flexibility index (Phi) is 6.67. The van der Waals surface area contributed by atoms with E-state index in [2.05, 4.69) is 31.0 Å². The van der Waals surface area contributed by atoms with E-state index in [1.165, 1.54) is 17.0 Å². The van der Waals surface area contributed by atoms with Crippen molar-refractivity contribution < 1.29 is 13.2 Å². The summed E-state index contributed by atoms with van der Waals surface area (Å²) >= 11 is 5.09. The molecule has 1 aliphatic heterocycles. The molecular formula is C18H20BrN3O3S2. The summed E-state index contributed by atoms with van der Waals surface area (Å²) in [6.07, 6.45) is 3.44. The first-order chi connectivity index (χ1) is 12.9. The highest BCUT2D eigenvalue weighted by Crippen LogP contribution is 2.23. The minimum atomic E-state index is -3.69. The number of hydrogen-bond donors (Lipinski definition) is 2. The summed E-state index contributed by atoms with van der Waals surface area (Å²) in [5, 5.41) is 2.77. The second-order valence-corrected chi connectivity index (χ2v) is 10.4. The Morgan fingerprint density at radius 2 is 2.11 bits per heavy atom. The van der Waals surface area contributed by atoms with Crippen LogP contribution in [0, 0.1) is 0 Å². The number of nitrogens with one attached hydrogen (secondary N) is 2. The number of aryl methyl sites for hydroxylation is 1. The first-order valence-electron chi connectivity index (χ1n) is 8.63. The highest BCUT2D eigenvalue weighted by Gasteiger charge is 2.18. The van der Waals surface area contributed by atoms with Crippen LogP contribution in [0.3, 0.4) is 0 Å². The molecule has 27 heavy (non-hydrogen) atoms. The maximum atomic E-state index is 12.4. The number of carbonyl (C=O) groups excluding carboxylic acids is 1. The summed E-state index contributed by atoms with van der Waals surface area (Å²) < 4.78 is 28.5. The van der Waals surface area contributed by atoms with Gasteiger partial charge < -0.3 is 5.32 Å². The van der Waals surface area contributed by atoms with Crippen molar-refractivity contribution in [2.45, 2.75) is 37.0 Å². The van der Waals surface area contributed by atoms with E-state index < -0.39 is 10.0 Å². The summed E-state index contributed by atoms with van der Waals surface area (Å²) in [6, 6.07) is 10.3. The molecule has 1 aromatic carbocycles. The van der Waals surface area contributed by atoms with Crippen LogP contribution in [0.25, 0.3) is 0 Å². The van der Waals surface area contributed by atoms with Crippen molar-refractivity contribution in [3.8, 4) is 0 Å². The average Bonchev–Trinajstić information content (AvgIpc) is 3.26. The Morgan fingerprint density at radius 3 is 2.81 bits per heavy atom. The summed E-state index contributed by atoms with van der Waals surface area (Å²) in [7, 11) is -3.69. The van der Waals surface area contributed by atoms with E-state index in [1.807, 2.05) is 12.1 Å². The van der Waals surface area contributed by atoms with Crippen molar-refractivity contribution in [3.63, 3.8) is 0 Å². The van der Waals surface area contributed by atoms with E-state index in [9.17, 15) is 13.2 Å².